The van der Waals surface area contributed by atoms with E-state index in [1.54, 1.807) is 47.8 Å². The predicted octanol–water partition coefficient (Wildman–Crippen LogP) is 0.781. The highest BCUT2D eigenvalue weighted by Crippen LogP contribution is 2.34. The van der Waals surface area contributed by atoms with Gasteiger partial charge in [-0.2, -0.15) is 0 Å². The Bertz CT molecular complexity index is 465. The van der Waals surface area contributed by atoms with E-state index in [9.17, 15) is 0 Å². The van der Waals surface area contributed by atoms with Crippen LogP contribution in [-0.2, 0) is 5.54 Å². The second kappa shape index (κ2) is 6.11. The SMILES string of the molecule is NC1(c2ccoc2)C=CC(Cl)(N(CCO)CCO)C=C1. The van der Waals surface area contributed by atoms with Gasteiger partial charge < -0.3 is 20.4 Å². The summed E-state index contributed by atoms with van der Waals surface area (Å²) in [7, 11) is 0. The second-order valence-electron chi connectivity index (χ2n) is 4.77. The minimum atomic E-state index is -0.891. The van der Waals surface area contributed by atoms with Crippen LogP contribution in [0.1, 0.15) is 5.56 Å². The number of nitrogens with two attached hydrogens (primary N) is 1. The molecule has 0 unspecified atom stereocenters. The van der Waals surface area contributed by atoms with Crippen LogP contribution in [0.5, 0.6) is 0 Å². The Morgan fingerprint density at radius 1 is 1.15 bits per heavy atom. The number of aliphatic hydroxyl groups is 2. The smallest absolute Gasteiger partial charge is 0.134 e. The molecule has 0 bridgehead atoms. The van der Waals surface area contributed by atoms with Gasteiger partial charge in [0.15, 0.2) is 0 Å². The molecule has 6 heteroatoms. The molecule has 0 atom stereocenters. The van der Waals surface area contributed by atoms with Crippen LogP contribution in [0.15, 0.2) is 47.3 Å². The maximum Gasteiger partial charge on any atom is 0.134 e. The summed E-state index contributed by atoms with van der Waals surface area (Å²) in [5.74, 6) is 0. The van der Waals surface area contributed by atoms with E-state index in [2.05, 4.69) is 0 Å². The van der Waals surface area contributed by atoms with Gasteiger partial charge >= 0.3 is 0 Å². The number of hydrogen-bond acceptors (Lipinski definition) is 5. The Morgan fingerprint density at radius 2 is 1.75 bits per heavy atom. The zero-order valence-electron chi connectivity index (χ0n) is 11.1. The van der Waals surface area contributed by atoms with E-state index in [4.69, 9.17) is 32.0 Å². The lowest BCUT2D eigenvalue weighted by atomic mass is 9.87. The summed E-state index contributed by atoms with van der Waals surface area (Å²) in [6.07, 6.45) is 10.3. The van der Waals surface area contributed by atoms with Gasteiger partial charge in [0, 0.05) is 18.7 Å². The lowest BCUT2D eigenvalue weighted by molar-refractivity contribution is 0.138. The fourth-order valence-corrected chi connectivity index (χ4v) is 2.53. The van der Waals surface area contributed by atoms with Crippen molar-refractivity contribution in [3.63, 3.8) is 0 Å². The molecule has 4 N–H and O–H groups in total. The summed E-state index contributed by atoms with van der Waals surface area (Å²) in [6, 6.07) is 1.80. The molecule has 0 spiro atoms. The molecule has 0 aliphatic heterocycles. The Balaban J connectivity index is 2.20. The fraction of sp³-hybridized carbons (Fsp3) is 0.429. The van der Waals surface area contributed by atoms with Crippen LogP contribution in [0, 0.1) is 0 Å². The van der Waals surface area contributed by atoms with Crippen molar-refractivity contribution in [3.8, 4) is 0 Å². The molecule has 0 radical (unpaired) electrons. The molecular formula is C14H19ClN2O3. The number of aliphatic hydroxyl groups excluding tert-OH is 2. The third-order valence-electron chi connectivity index (χ3n) is 3.43. The quantitative estimate of drug-likeness (QED) is 0.411. The molecule has 1 aliphatic carbocycles. The molecule has 5 nitrogen and oxygen atoms in total. The Kier molecular flexibility index (Phi) is 4.67. The number of nitrogens with zero attached hydrogens (tertiary/aromatic N) is 1. The molecule has 1 aromatic heterocycles. The van der Waals surface area contributed by atoms with Crippen molar-refractivity contribution in [1.82, 2.24) is 4.90 Å². The van der Waals surface area contributed by atoms with E-state index in [1.165, 1.54) is 0 Å². The topological polar surface area (TPSA) is 82.9 Å². The number of halogens is 1. The number of alkyl halides is 1. The predicted molar refractivity (Wildman–Crippen MR) is 77.2 cm³/mol. The molecule has 20 heavy (non-hydrogen) atoms. The van der Waals surface area contributed by atoms with E-state index in [0.717, 1.165) is 5.56 Å². The first-order valence-electron chi connectivity index (χ1n) is 6.42. The normalized spacial score (nSPS) is 29.2. The average Bonchev–Trinajstić information content (AvgIpc) is 2.97. The third kappa shape index (κ3) is 2.97. The summed E-state index contributed by atoms with van der Waals surface area (Å²) < 4.78 is 5.05. The summed E-state index contributed by atoms with van der Waals surface area (Å²) >= 11 is 6.54. The fourth-order valence-electron chi connectivity index (χ4n) is 2.23. The van der Waals surface area contributed by atoms with E-state index in [1.807, 2.05) is 0 Å². The van der Waals surface area contributed by atoms with E-state index in [-0.39, 0.29) is 13.2 Å². The lowest BCUT2D eigenvalue weighted by Crippen LogP contribution is -2.47. The monoisotopic (exact) mass is 298 g/mol. The molecule has 0 amide bonds. The summed E-state index contributed by atoms with van der Waals surface area (Å²) in [5.41, 5.74) is 6.36. The van der Waals surface area contributed by atoms with Gasteiger partial charge in [-0.1, -0.05) is 23.8 Å². The molecule has 110 valence electrons. The first-order chi connectivity index (χ1) is 9.54. The van der Waals surface area contributed by atoms with E-state index >= 15 is 0 Å². The molecule has 0 saturated carbocycles. The van der Waals surface area contributed by atoms with Crippen molar-refractivity contribution in [2.75, 3.05) is 26.3 Å². The highest BCUT2D eigenvalue weighted by atomic mass is 35.5. The van der Waals surface area contributed by atoms with Crippen molar-refractivity contribution >= 4 is 11.6 Å². The zero-order valence-corrected chi connectivity index (χ0v) is 11.8. The van der Waals surface area contributed by atoms with Gasteiger partial charge in [0.25, 0.3) is 0 Å². The molecular weight excluding hydrogens is 280 g/mol. The first kappa shape index (κ1) is 15.3. The van der Waals surface area contributed by atoms with Crippen LogP contribution < -0.4 is 5.73 Å². The number of hydrogen-bond donors (Lipinski definition) is 3. The van der Waals surface area contributed by atoms with Crippen LogP contribution in [0.4, 0.5) is 0 Å². The van der Waals surface area contributed by atoms with Crippen LogP contribution in [0.2, 0.25) is 0 Å². The van der Waals surface area contributed by atoms with Gasteiger partial charge in [-0.25, -0.2) is 0 Å². The van der Waals surface area contributed by atoms with Gasteiger partial charge in [0.05, 0.1) is 31.3 Å². The standard InChI is InChI=1S/C14H19ClN2O3/c15-14(17(6-8-18)7-9-19)4-2-13(16,3-5-14)12-1-10-20-11-12/h1-5,10-11,18-19H,6-9,16H2. The molecule has 1 aliphatic rings. The zero-order chi connectivity index (χ0) is 14.6. The highest BCUT2D eigenvalue weighted by Gasteiger charge is 2.35. The van der Waals surface area contributed by atoms with Crippen molar-refractivity contribution in [2.45, 2.75) is 10.5 Å². The van der Waals surface area contributed by atoms with Crippen LogP contribution in [0.3, 0.4) is 0 Å². The Hall–Kier alpha value is -1.11. The van der Waals surface area contributed by atoms with Gasteiger partial charge in [-0.05, 0) is 18.2 Å². The van der Waals surface area contributed by atoms with Crippen LogP contribution >= 0.6 is 11.6 Å². The molecule has 2 rings (SSSR count). The number of rotatable bonds is 6. The molecule has 0 fully saturated rings. The van der Waals surface area contributed by atoms with Crippen molar-refractivity contribution in [3.05, 3.63) is 48.5 Å². The van der Waals surface area contributed by atoms with Crippen molar-refractivity contribution < 1.29 is 14.6 Å². The molecule has 0 aromatic carbocycles. The largest absolute Gasteiger partial charge is 0.472 e. The molecule has 0 saturated heterocycles. The minimum absolute atomic E-state index is 0.0361. The van der Waals surface area contributed by atoms with E-state index < -0.39 is 10.5 Å². The summed E-state index contributed by atoms with van der Waals surface area (Å²) in [6.45, 7) is 0.654. The average molecular weight is 299 g/mol. The molecule has 1 aromatic rings. The first-order valence-corrected chi connectivity index (χ1v) is 6.80. The van der Waals surface area contributed by atoms with Crippen LogP contribution in [-0.4, -0.2) is 46.4 Å². The Labute approximate surface area is 122 Å². The maximum atomic E-state index is 9.09. The lowest BCUT2D eigenvalue weighted by Gasteiger charge is -2.38. The van der Waals surface area contributed by atoms with Crippen molar-refractivity contribution in [2.24, 2.45) is 5.73 Å². The van der Waals surface area contributed by atoms with Crippen molar-refractivity contribution in [1.29, 1.82) is 0 Å². The molecule has 1 heterocycles. The third-order valence-corrected chi connectivity index (χ3v) is 3.92. The summed E-state index contributed by atoms with van der Waals surface area (Å²) in [5, 5.41) is 18.2. The number of furan rings is 1. The van der Waals surface area contributed by atoms with E-state index in [0.29, 0.717) is 13.1 Å². The highest BCUT2D eigenvalue weighted by molar-refractivity contribution is 6.26. The van der Waals surface area contributed by atoms with Gasteiger partial charge in [0.1, 0.15) is 5.00 Å². The second-order valence-corrected chi connectivity index (χ2v) is 5.38. The van der Waals surface area contributed by atoms with Gasteiger partial charge in [-0.15, -0.1) is 0 Å². The van der Waals surface area contributed by atoms with Gasteiger partial charge in [-0.3, -0.25) is 4.90 Å². The maximum absolute atomic E-state index is 9.09. The Morgan fingerprint density at radius 3 is 2.20 bits per heavy atom. The summed E-state index contributed by atoms with van der Waals surface area (Å²) in [4.78, 5) is 0.884. The minimum Gasteiger partial charge on any atom is -0.472 e. The van der Waals surface area contributed by atoms with Crippen LogP contribution in [0.25, 0.3) is 0 Å². The van der Waals surface area contributed by atoms with Gasteiger partial charge in [0.2, 0.25) is 0 Å².